The van der Waals surface area contributed by atoms with Crippen molar-refractivity contribution in [3.63, 3.8) is 0 Å². The summed E-state index contributed by atoms with van der Waals surface area (Å²) in [6.45, 7) is 7.03. The highest BCUT2D eigenvalue weighted by atomic mass is 19.1. The summed E-state index contributed by atoms with van der Waals surface area (Å²) in [5.41, 5.74) is 1.09. The summed E-state index contributed by atoms with van der Waals surface area (Å²) in [4.78, 5) is 24.0. The fourth-order valence-corrected chi connectivity index (χ4v) is 2.38. The molecular formula is C16H21FN2O3. The number of fused-ring (bicyclic) bond motifs is 1. The van der Waals surface area contributed by atoms with Gasteiger partial charge in [-0.05, 0) is 57.7 Å². The van der Waals surface area contributed by atoms with Gasteiger partial charge < -0.3 is 15.4 Å². The Morgan fingerprint density at radius 3 is 2.73 bits per heavy atom. The number of nitrogens with one attached hydrogen (secondary N) is 2. The molecule has 2 rings (SSSR count). The SMILES string of the molecule is Cc1cc(F)c2c(c1)CC[C@H](NC(=O)OC(C)(C)C)C(=O)N2. The molecule has 2 N–H and O–H groups in total. The van der Waals surface area contributed by atoms with E-state index in [4.69, 9.17) is 4.74 Å². The normalized spacial score (nSPS) is 18.0. The van der Waals surface area contributed by atoms with Crippen LogP contribution in [0, 0.1) is 12.7 Å². The van der Waals surface area contributed by atoms with E-state index in [2.05, 4.69) is 10.6 Å². The second kappa shape index (κ2) is 5.94. The lowest BCUT2D eigenvalue weighted by atomic mass is 10.0. The van der Waals surface area contributed by atoms with E-state index in [-0.39, 0.29) is 5.69 Å². The van der Waals surface area contributed by atoms with E-state index in [1.807, 2.05) is 6.07 Å². The van der Waals surface area contributed by atoms with Gasteiger partial charge in [0.25, 0.3) is 0 Å². The molecule has 6 heteroatoms. The lowest BCUT2D eigenvalue weighted by Crippen LogP contribution is -2.45. The van der Waals surface area contributed by atoms with Gasteiger partial charge in [0.2, 0.25) is 5.91 Å². The standard InChI is InChI=1S/C16H21FN2O3/c1-9-7-10-5-6-12(18-15(21)22-16(2,3)4)14(20)19-13(10)11(17)8-9/h7-8,12H,5-6H2,1-4H3,(H,18,21)(H,19,20)/t12-/m0/s1. The van der Waals surface area contributed by atoms with Crippen molar-refractivity contribution < 1.29 is 18.7 Å². The van der Waals surface area contributed by atoms with Crippen LogP contribution in [0.5, 0.6) is 0 Å². The number of anilines is 1. The van der Waals surface area contributed by atoms with Gasteiger partial charge in [0.1, 0.15) is 17.5 Å². The number of carbonyl (C=O) groups is 2. The number of aryl methyl sites for hydroxylation is 2. The molecule has 22 heavy (non-hydrogen) atoms. The van der Waals surface area contributed by atoms with Crippen LogP contribution in [0.1, 0.15) is 38.3 Å². The molecule has 0 aromatic heterocycles. The van der Waals surface area contributed by atoms with Crippen LogP contribution in [0.4, 0.5) is 14.9 Å². The summed E-state index contributed by atoms with van der Waals surface area (Å²) in [6, 6.07) is 2.47. The van der Waals surface area contributed by atoms with E-state index in [9.17, 15) is 14.0 Å². The smallest absolute Gasteiger partial charge is 0.408 e. The van der Waals surface area contributed by atoms with Gasteiger partial charge >= 0.3 is 6.09 Å². The minimum Gasteiger partial charge on any atom is -0.444 e. The molecule has 0 radical (unpaired) electrons. The van der Waals surface area contributed by atoms with E-state index in [0.717, 1.165) is 11.1 Å². The van der Waals surface area contributed by atoms with Crippen LogP contribution in [0.2, 0.25) is 0 Å². The molecule has 0 bridgehead atoms. The Morgan fingerprint density at radius 1 is 1.41 bits per heavy atom. The van der Waals surface area contributed by atoms with Crippen LogP contribution in [-0.4, -0.2) is 23.6 Å². The zero-order chi connectivity index (χ0) is 16.5. The molecule has 5 nitrogen and oxygen atoms in total. The molecule has 120 valence electrons. The highest BCUT2D eigenvalue weighted by molar-refractivity contribution is 5.98. The number of carbonyl (C=O) groups excluding carboxylic acids is 2. The highest BCUT2D eigenvalue weighted by Crippen LogP contribution is 2.26. The molecule has 1 aromatic carbocycles. The summed E-state index contributed by atoms with van der Waals surface area (Å²) in [5.74, 6) is -0.895. The van der Waals surface area contributed by atoms with Gasteiger partial charge in [-0.25, -0.2) is 9.18 Å². The molecular weight excluding hydrogens is 287 g/mol. The Bertz CT molecular complexity index is 608. The molecule has 0 spiro atoms. The molecule has 0 saturated carbocycles. The Labute approximate surface area is 129 Å². The molecule has 1 aliphatic rings. The third-order valence-electron chi connectivity index (χ3n) is 3.27. The highest BCUT2D eigenvalue weighted by Gasteiger charge is 2.28. The Balaban J connectivity index is 2.12. The van der Waals surface area contributed by atoms with Crippen molar-refractivity contribution in [2.45, 2.75) is 52.2 Å². The van der Waals surface area contributed by atoms with E-state index in [1.165, 1.54) is 6.07 Å². The summed E-state index contributed by atoms with van der Waals surface area (Å²) in [7, 11) is 0. The maximum atomic E-state index is 14.0. The molecule has 1 heterocycles. The van der Waals surface area contributed by atoms with Gasteiger partial charge in [-0.1, -0.05) is 6.07 Å². The van der Waals surface area contributed by atoms with Crippen molar-refractivity contribution >= 4 is 17.7 Å². The zero-order valence-electron chi connectivity index (χ0n) is 13.2. The van der Waals surface area contributed by atoms with Crippen LogP contribution >= 0.6 is 0 Å². The van der Waals surface area contributed by atoms with Crippen molar-refractivity contribution in [2.24, 2.45) is 0 Å². The Kier molecular flexibility index (Phi) is 4.39. The fourth-order valence-electron chi connectivity index (χ4n) is 2.38. The molecule has 1 aromatic rings. The molecule has 1 atom stereocenters. The molecule has 0 fully saturated rings. The molecule has 0 unspecified atom stereocenters. The summed E-state index contributed by atoms with van der Waals surface area (Å²) < 4.78 is 19.1. The van der Waals surface area contributed by atoms with Gasteiger partial charge in [0.05, 0.1) is 5.69 Å². The van der Waals surface area contributed by atoms with Crippen molar-refractivity contribution in [1.82, 2.24) is 5.32 Å². The van der Waals surface area contributed by atoms with Crippen molar-refractivity contribution in [2.75, 3.05) is 5.32 Å². The number of amides is 2. The second-order valence-electron chi connectivity index (χ2n) is 6.51. The number of hydrogen-bond acceptors (Lipinski definition) is 3. The zero-order valence-corrected chi connectivity index (χ0v) is 13.2. The lowest BCUT2D eigenvalue weighted by molar-refractivity contribution is -0.118. The van der Waals surface area contributed by atoms with E-state index in [0.29, 0.717) is 12.8 Å². The van der Waals surface area contributed by atoms with E-state index in [1.54, 1.807) is 27.7 Å². The predicted molar refractivity (Wildman–Crippen MR) is 81.2 cm³/mol. The summed E-state index contributed by atoms with van der Waals surface area (Å²) >= 11 is 0. The van der Waals surface area contributed by atoms with Gasteiger partial charge in [-0.15, -0.1) is 0 Å². The lowest BCUT2D eigenvalue weighted by Gasteiger charge is -2.22. The van der Waals surface area contributed by atoms with E-state index >= 15 is 0 Å². The Hall–Kier alpha value is -2.11. The minimum atomic E-state index is -0.748. The number of rotatable bonds is 1. The predicted octanol–water partition coefficient (Wildman–Crippen LogP) is 2.91. The van der Waals surface area contributed by atoms with Crippen LogP contribution in [-0.2, 0) is 16.0 Å². The summed E-state index contributed by atoms with van der Waals surface area (Å²) in [5, 5.41) is 5.09. The quantitative estimate of drug-likeness (QED) is 0.838. The van der Waals surface area contributed by atoms with Crippen molar-refractivity contribution in [3.8, 4) is 0 Å². The fraction of sp³-hybridized carbons (Fsp3) is 0.500. The minimum absolute atomic E-state index is 0.198. The van der Waals surface area contributed by atoms with Gasteiger partial charge in [0.15, 0.2) is 0 Å². The average Bonchev–Trinajstić information content (AvgIpc) is 2.49. The molecule has 1 aliphatic heterocycles. The average molecular weight is 308 g/mol. The first kappa shape index (κ1) is 16.3. The number of ether oxygens (including phenoxy) is 1. The van der Waals surface area contributed by atoms with Crippen LogP contribution in [0.25, 0.3) is 0 Å². The van der Waals surface area contributed by atoms with Gasteiger partial charge in [0, 0.05) is 0 Å². The van der Waals surface area contributed by atoms with Crippen LogP contribution in [0.15, 0.2) is 12.1 Å². The van der Waals surface area contributed by atoms with Crippen molar-refractivity contribution in [1.29, 1.82) is 0 Å². The molecule has 0 saturated heterocycles. The number of alkyl carbamates (subject to hydrolysis) is 1. The number of benzene rings is 1. The monoisotopic (exact) mass is 308 g/mol. The largest absolute Gasteiger partial charge is 0.444 e. The first-order valence-corrected chi connectivity index (χ1v) is 7.25. The number of hydrogen-bond donors (Lipinski definition) is 2. The Morgan fingerprint density at radius 2 is 2.09 bits per heavy atom. The second-order valence-corrected chi connectivity index (χ2v) is 6.51. The maximum Gasteiger partial charge on any atom is 0.408 e. The number of halogens is 1. The van der Waals surface area contributed by atoms with Gasteiger partial charge in [-0.3, -0.25) is 4.79 Å². The molecule has 2 amide bonds. The third kappa shape index (κ3) is 3.96. The van der Waals surface area contributed by atoms with E-state index < -0.39 is 29.5 Å². The first-order chi connectivity index (χ1) is 10.2. The van der Waals surface area contributed by atoms with Crippen LogP contribution < -0.4 is 10.6 Å². The summed E-state index contributed by atoms with van der Waals surface area (Å²) in [6.07, 6.45) is 0.226. The van der Waals surface area contributed by atoms with Crippen molar-refractivity contribution in [3.05, 3.63) is 29.1 Å². The first-order valence-electron chi connectivity index (χ1n) is 7.25. The van der Waals surface area contributed by atoms with Crippen LogP contribution in [0.3, 0.4) is 0 Å². The topological polar surface area (TPSA) is 67.4 Å². The maximum absolute atomic E-state index is 14.0. The third-order valence-corrected chi connectivity index (χ3v) is 3.27. The van der Waals surface area contributed by atoms with Gasteiger partial charge in [-0.2, -0.15) is 0 Å². The molecule has 0 aliphatic carbocycles.